The molecule has 0 spiro atoms. The lowest BCUT2D eigenvalue weighted by Gasteiger charge is -2.24. The molecule has 0 saturated heterocycles. The van der Waals surface area contributed by atoms with E-state index in [1.165, 1.54) is 35.1 Å². The Labute approximate surface area is 159 Å². The van der Waals surface area contributed by atoms with Gasteiger partial charge in [-0.2, -0.15) is 0 Å². The van der Waals surface area contributed by atoms with Crippen molar-refractivity contribution in [1.29, 1.82) is 0 Å². The van der Waals surface area contributed by atoms with Crippen LogP contribution >= 0.6 is 11.6 Å². The number of ether oxygens (including phenoxy) is 1. The number of benzene rings is 1. The van der Waals surface area contributed by atoms with Crippen LogP contribution in [0.5, 0.6) is 0 Å². The number of amides is 1. The Bertz CT molecular complexity index is 655. The van der Waals surface area contributed by atoms with E-state index >= 15 is 0 Å². The minimum absolute atomic E-state index is 0.0741. The number of allylic oxidation sites excluding steroid dienone is 1. The van der Waals surface area contributed by atoms with Crippen LogP contribution in [0, 0.1) is 5.82 Å². The van der Waals surface area contributed by atoms with Gasteiger partial charge in [0, 0.05) is 13.1 Å². The number of nitrogens with zero attached hydrogens (tertiary/aromatic N) is 1. The molecular formula is C20H25ClFNO3. The van der Waals surface area contributed by atoms with Crippen molar-refractivity contribution in [1.82, 2.24) is 4.90 Å². The summed E-state index contributed by atoms with van der Waals surface area (Å²) in [5.74, 6) is -1.52. The molecule has 1 aliphatic rings. The molecule has 0 atom stereocenters. The van der Waals surface area contributed by atoms with E-state index < -0.39 is 11.7 Å². The fourth-order valence-corrected chi connectivity index (χ4v) is 3.29. The van der Waals surface area contributed by atoms with Crippen LogP contribution in [0.1, 0.15) is 55.8 Å². The van der Waals surface area contributed by atoms with Crippen molar-refractivity contribution in [2.45, 2.75) is 45.4 Å². The van der Waals surface area contributed by atoms with Gasteiger partial charge in [0.15, 0.2) is 0 Å². The quantitative estimate of drug-likeness (QED) is 0.481. The van der Waals surface area contributed by atoms with Crippen LogP contribution in [0.15, 0.2) is 29.8 Å². The predicted octanol–water partition coefficient (Wildman–Crippen LogP) is 4.77. The Morgan fingerprint density at radius 3 is 2.73 bits per heavy atom. The number of hydrogen-bond donors (Lipinski definition) is 0. The van der Waals surface area contributed by atoms with Crippen molar-refractivity contribution in [2.24, 2.45) is 0 Å². The summed E-state index contributed by atoms with van der Waals surface area (Å²) < 4.78 is 19.1. The third-order valence-corrected chi connectivity index (χ3v) is 4.76. The molecule has 1 aliphatic carbocycles. The first kappa shape index (κ1) is 20.4. The lowest BCUT2D eigenvalue weighted by molar-refractivity contribution is -0.143. The van der Waals surface area contributed by atoms with E-state index in [0.29, 0.717) is 13.2 Å². The predicted molar refractivity (Wildman–Crippen MR) is 99.7 cm³/mol. The van der Waals surface area contributed by atoms with E-state index in [1.54, 1.807) is 6.92 Å². The summed E-state index contributed by atoms with van der Waals surface area (Å²) in [5, 5.41) is 0.0769. The van der Waals surface area contributed by atoms with Gasteiger partial charge in [0.1, 0.15) is 5.82 Å². The van der Waals surface area contributed by atoms with Gasteiger partial charge in [-0.05, 0) is 51.2 Å². The minimum Gasteiger partial charge on any atom is -0.466 e. The Balaban J connectivity index is 2.11. The molecular weight excluding hydrogens is 357 g/mol. The lowest BCUT2D eigenvalue weighted by Crippen LogP contribution is -2.35. The molecule has 2 rings (SSSR count). The van der Waals surface area contributed by atoms with Gasteiger partial charge in [0.05, 0.1) is 23.6 Å². The van der Waals surface area contributed by atoms with Gasteiger partial charge in [-0.15, -0.1) is 0 Å². The zero-order valence-electron chi connectivity index (χ0n) is 15.1. The van der Waals surface area contributed by atoms with Crippen LogP contribution in [0.2, 0.25) is 5.02 Å². The second-order valence-electron chi connectivity index (χ2n) is 6.30. The second-order valence-corrected chi connectivity index (χ2v) is 6.71. The van der Waals surface area contributed by atoms with Crippen molar-refractivity contribution >= 4 is 23.5 Å². The molecule has 0 radical (unpaired) electrons. The number of carbonyl (C=O) groups excluding carboxylic acids is 2. The molecule has 0 fully saturated rings. The van der Waals surface area contributed by atoms with E-state index in [9.17, 15) is 14.0 Å². The van der Waals surface area contributed by atoms with Gasteiger partial charge in [0.25, 0.3) is 5.91 Å². The summed E-state index contributed by atoms with van der Waals surface area (Å²) >= 11 is 6.04. The molecule has 0 saturated carbocycles. The molecule has 26 heavy (non-hydrogen) atoms. The number of halogens is 2. The molecule has 0 aromatic heterocycles. The molecule has 1 amide bonds. The average molecular weight is 382 g/mol. The maximum Gasteiger partial charge on any atom is 0.307 e. The fraction of sp³-hybridized carbons (Fsp3) is 0.500. The molecule has 1 aromatic rings. The SMILES string of the molecule is CCOC(=O)CCN(CCC1=CCCCC1)C(=O)c1c(F)cccc1Cl. The van der Waals surface area contributed by atoms with Gasteiger partial charge < -0.3 is 9.64 Å². The van der Waals surface area contributed by atoms with Crippen molar-refractivity contribution < 1.29 is 18.7 Å². The lowest BCUT2D eigenvalue weighted by atomic mass is 9.97. The van der Waals surface area contributed by atoms with Gasteiger partial charge in [-0.25, -0.2) is 4.39 Å². The van der Waals surface area contributed by atoms with Crippen molar-refractivity contribution in [2.75, 3.05) is 19.7 Å². The molecule has 1 aromatic carbocycles. The Morgan fingerprint density at radius 1 is 1.27 bits per heavy atom. The van der Waals surface area contributed by atoms with E-state index in [4.69, 9.17) is 16.3 Å². The van der Waals surface area contributed by atoms with Crippen molar-refractivity contribution in [3.63, 3.8) is 0 Å². The molecule has 142 valence electrons. The van der Waals surface area contributed by atoms with Gasteiger partial charge >= 0.3 is 5.97 Å². The first-order valence-electron chi connectivity index (χ1n) is 9.09. The van der Waals surface area contributed by atoms with Gasteiger partial charge in [-0.3, -0.25) is 9.59 Å². The topological polar surface area (TPSA) is 46.6 Å². The van der Waals surface area contributed by atoms with E-state index in [-0.39, 0.29) is 29.5 Å². The van der Waals surface area contributed by atoms with Crippen LogP contribution in [0.4, 0.5) is 4.39 Å². The third-order valence-electron chi connectivity index (χ3n) is 4.44. The normalized spacial score (nSPS) is 13.9. The van der Waals surface area contributed by atoms with Crippen molar-refractivity contribution in [3.8, 4) is 0 Å². The zero-order chi connectivity index (χ0) is 18.9. The van der Waals surface area contributed by atoms with Crippen LogP contribution in [-0.2, 0) is 9.53 Å². The molecule has 0 N–H and O–H groups in total. The fourth-order valence-electron chi connectivity index (χ4n) is 3.04. The first-order valence-corrected chi connectivity index (χ1v) is 9.47. The summed E-state index contributed by atoms with van der Waals surface area (Å²) in [5.41, 5.74) is 1.17. The first-order chi connectivity index (χ1) is 12.5. The monoisotopic (exact) mass is 381 g/mol. The third kappa shape index (κ3) is 5.84. The van der Waals surface area contributed by atoms with Crippen molar-refractivity contribution in [3.05, 3.63) is 46.3 Å². The van der Waals surface area contributed by atoms with Crippen LogP contribution < -0.4 is 0 Å². The molecule has 4 nitrogen and oxygen atoms in total. The van der Waals surface area contributed by atoms with E-state index in [1.807, 2.05) is 0 Å². The maximum absolute atomic E-state index is 14.1. The number of esters is 1. The standard InChI is InChI=1S/C20H25ClFNO3/c1-2-26-18(24)12-14-23(13-11-15-7-4-3-5-8-15)20(25)19-16(21)9-6-10-17(19)22/h6-7,9-10H,2-5,8,11-14H2,1H3. The molecule has 0 bridgehead atoms. The van der Waals surface area contributed by atoms with Gasteiger partial charge in [0.2, 0.25) is 0 Å². The van der Waals surface area contributed by atoms with Crippen LogP contribution in [0.3, 0.4) is 0 Å². The Kier molecular flexibility index (Phi) is 8.10. The summed E-state index contributed by atoms with van der Waals surface area (Å²) in [4.78, 5) is 26.0. The highest BCUT2D eigenvalue weighted by Crippen LogP contribution is 2.23. The van der Waals surface area contributed by atoms with Crippen LogP contribution in [0.25, 0.3) is 0 Å². The Morgan fingerprint density at radius 2 is 2.08 bits per heavy atom. The second kappa shape index (κ2) is 10.3. The zero-order valence-corrected chi connectivity index (χ0v) is 15.9. The summed E-state index contributed by atoms with van der Waals surface area (Å²) in [6.07, 6.45) is 7.45. The minimum atomic E-state index is -0.652. The van der Waals surface area contributed by atoms with E-state index in [0.717, 1.165) is 25.7 Å². The molecule has 0 heterocycles. The number of carbonyl (C=O) groups is 2. The van der Waals surface area contributed by atoms with Crippen LogP contribution in [-0.4, -0.2) is 36.5 Å². The number of rotatable bonds is 8. The molecule has 6 heteroatoms. The van der Waals surface area contributed by atoms with Gasteiger partial charge in [-0.1, -0.05) is 29.3 Å². The highest BCUT2D eigenvalue weighted by atomic mass is 35.5. The number of hydrogen-bond acceptors (Lipinski definition) is 3. The Hall–Kier alpha value is -1.88. The summed E-state index contributed by atoms with van der Waals surface area (Å²) in [6.45, 7) is 2.62. The summed E-state index contributed by atoms with van der Waals surface area (Å²) in [6, 6.07) is 4.17. The van der Waals surface area contributed by atoms with E-state index in [2.05, 4.69) is 6.08 Å². The largest absolute Gasteiger partial charge is 0.466 e. The maximum atomic E-state index is 14.1. The molecule has 0 aliphatic heterocycles. The molecule has 0 unspecified atom stereocenters. The smallest absolute Gasteiger partial charge is 0.307 e. The average Bonchev–Trinajstić information content (AvgIpc) is 2.62. The highest BCUT2D eigenvalue weighted by Gasteiger charge is 2.23. The highest BCUT2D eigenvalue weighted by molar-refractivity contribution is 6.33. The summed E-state index contributed by atoms with van der Waals surface area (Å²) in [7, 11) is 0.